The highest BCUT2D eigenvalue weighted by atomic mass is 15.3. The third kappa shape index (κ3) is 3.90. The Morgan fingerprint density at radius 3 is 2.63 bits per heavy atom. The zero-order valence-corrected chi connectivity index (χ0v) is 15.6. The highest BCUT2D eigenvalue weighted by Crippen LogP contribution is 2.26. The standard InChI is InChI=1S/C19H24N8/c1-11(20)5-16(21)25-17-6-12(2)23-19(26-17)13-3-4-18(22-8-13)27-9-14-7-15(10-27)24-14/h3-6,8,14-15,24H,7,9-10,20H2,1-2H3,(H2,21,23,25,26)/b11-5-. The van der Waals surface area contributed by atoms with Crippen molar-refractivity contribution < 1.29 is 0 Å². The van der Waals surface area contributed by atoms with Crippen LogP contribution in [0.4, 0.5) is 11.6 Å². The average Bonchev–Trinajstić information content (AvgIpc) is 2.60. The molecule has 3 fully saturated rings. The predicted molar refractivity (Wildman–Crippen MR) is 107 cm³/mol. The number of rotatable bonds is 4. The van der Waals surface area contributed by atoms with Crippen LogP contribution < -0.4 is 21.7 Å². The molecule has 2 aromatic rings. The molecule has 0 spiro atoms. The van der Waals surface area contributed by atoms with Crippen molar-refractivity contribution in [1.82, 2.24) is 20.3 Å². The van der Waals surface area contributed by atoms with Gasteiger partial charge in [0, 0.05) is 54.4 Å². The molecule has 0 aliphatic carbocycles. The first kappa shape index (κ1) is 17.4. The van der Waals surface area contributed by atoms with Crippen LogP contribution >= 0.6 is 0 Å². The second-order valence-corrected chi connectivity index (χ2v) is 7.22. The second kappa shape index (κ2) is 6.96. The van der Waals surface area contributed by atoms with E-state index in [0.717, 1.165) is 30.2 Å². The van der Waals surface area contributed by atoms with Crippen LogP contribution in [0, 0.1) is 6.92 Å². The number of aliphatic imine (C=N–C) groups is 1. The van der Waals surface area contributed by atoms with Gasteiger partial charge < -0.3 is 21.7 Å². The number of allylic oxidation sites excluding steroid dienone is 1. The van der Waals surface area contributed by atoms with Crippen molar-refractivity contribution in [2.75, 3.05) is 18.0 Å². The summed E-state index contributed by atoms with van der Waals surface area (Å²) in [6.07, 6.45) is 4.70. The molecule has 2 unspecified atom stereocenters. The predicted octanol–water partition coefficient (Wildman–Crippen LogP) is 1.25. The number of amidine groups is 1. The number of pyridine rings is 1. The Hall–Kier alpha value is -3.00. The minimum absolute atomic E-state index is 0.310. The number of anilines is 1. The third-order valence-electron chi connectivity index (χ3n) is 4.71. The van der Waals surface area contributed by atoms with E-state index in [4.69, 9.17) is 11.5 Å². The Bertz CT molecular complexity index is 882. The molecule has 140 valence electrons. The van der Waals surface area contributed by atoms with Crippen LogP contribution in [0.5, 0.6) is 0 Å². The monoisotopic (exact) mass is 364 g/mol. The number of piperidine rings is 1. The van der Waals surface area contributed by atoms with Gasteiger partial charge in [-0.1, -0.05) is 0 Å². The normalized spacial score (nSPS) is 22.5. The van der Waals surface area contributed by atoms with Gasteiger partial charge in [0.05, 0.1) is 0 Å². The molecule has 5 rings (SSSR count). The number of aryl methyl sites for hydroxylation is 1. The van der Waals surface area contributed by atoms with E-state index >= 15 is 0 Å². The first-order chi connectivity index (χ1) is 13.0. The van der Waals surface area contributed by atoms with Crippen LogP contribution in [0.1, 0.15) is 19.0 Å². The molecule has 5 heterocycles. The van der Waals surface area contributed by atoms with Gasteiger partial charge in [-0.25, -0.2) is 19.9 Å². The van der Waals surface area contributed by atoms with E-state index in [1.54, 1.807) is 19.1 Å². The van der Waals surface area contributed by atoms with Crippen LogP contribution in [0.25, 0.3) is 11.4 Å². The van der Waals surface area contributed by atoms with Gasteiger partial charge in [0.1, 0.15) is 11.7 Å². The molecule has 2 aromatic heterocycles. The summed E-state index contributed by atoms with van der Waals surface area (Å²) < 4.78 is 0. The van der Waals surface area contributed by atoms with Crippen LogP contribution in [0.2, 0.25) is 0 Å². The summed E-state index contributed by atoms with van der Waals surface area (Å²) in [4.78, 5) is 20.3. The van der Waals surface area contributed by atoms with Crippen LogP contribution in [0.15, 0.2) is 41.2 Å². The molecular formula is C19H24N8. The minimum Gasteiger partial charge on any atom is -0.402 e. The fraction of sp³-hybridized carbons (Fsp3) is 0.368. The topological polar surface area (TPSA) is 118 Å². The van der Waals surface area contributed by atoms with Gasteiger partial charge in [0.2, 0.25) is 0 Å². The smallest absolute Gasteiger partial charge is 0.163 e. The number of aromatic nitrogens is 3. The number of piperazine rings is 1. The maximum absolute atomic E-state index is 5.87. The molecule has 5 N–H and O–H groups in total. The number of nitrogens with one attached hydrogen (secondary N) is 1. The summed E-state index contributed by atoms with van der Waals surface area (Å²) in [5, 5.41) is 3.53. The Kier molecular flexibility index (Phi) is 4.49. The van der Waals surface area contributed by atoms with Gasteiger partial charge in [0.15, 0.2) is 11.6 Å². The van der Waals surface area contributed by atoms with Crippen molar-refractivity contribution in [3.8, 4) is 11.4 Å². The minimum atomic E-state index is 0.310. The fourth-order valence-corrected chi connectivity index (χ4v) is 3.54. The van der Waals surface area contributed by atoms with E-state index in [1.807, 2.05) is 25.3 Å². The summed E-state index contributed by atoms with van der Waals surface area (Å²) in [6.45, 7) is 5.68. The van der Waals surface area contributed by atoms with E-state index in [-0.39, 0.29) is 0 Å². The number of hydrogen-bond acceptors (Lipinski definition) is 7. The zero-order chi connectivity index (χ0) is 19.0. The van der Waals surface area contributed by atoms with Crippen molar-refractivity contribution in [2.24, 2.45) is 16.5 Å². The highest BCUT2D eigenvalue weighted by molar-refractivity contribution is 5.93. The average molecular weight is 364 g/mol. The molecule has 2 bridgehead atoms. The fourth-order valence-electron chi connectivity index (χ4n) is 3.54. The molecule has 2 atom stereocenters. The Morgan fingerprint density at radius 1 is 1.26 bits per heavy atom. The number of fused-ring (bicyclic) bond motifs is 2. The van der Waals surface area contributed by atoms with E-state index in [9.17, 15) is 0 Å². The van der Waals surface area contributed by atoms with Crippen LogP contribution in [-0.4, -0.2) is 46.0 Å². The lowest BCUT2D eigenvalue weighted by atomic mass is 9.91. The molecule has 3 aliphatic rings. The van der Waals surface area contributed by atoms with Crippen molar-refractivity contribution in [3.63, 3.8) is 0 Å². The summed E-state index contributed by atoms with van der Waals surface area (Å²) in [5.41, 5.74) is 13.8. The number of hydrogen-bond donors (Lipinski definition) is 3. The van der Waals surface area contributed by atoms with Gasteiger partial charge in [-0.15, -0.1) is 0 Å². The molecule has 0 aromatic carbocycles. The molecule has 8 heteroatoms. The molecule has 0 saturated carbocycles. The lowest BCUT2D eigenvalue weighted by Gasteiger charge is -2.48. The SMILES string of the molecule is C/C(N)=C/C(N)=Nc1cc(C)nc(-c2ccc(N3CC4CC(C3)N4)nc2)n1. The molecule has 3 aliphatic heterocycles. The maximum Gasteiger partial charge on any atom is 0.163 e. The van der Waals surface area contributed by atoms with Crippen LogP contribution in [0.3, 0.4) is 0 Å². The second-order valence-electron chi connectivity index (χ2n) is 7.22. The van der Waals surface area contributed by atoms with Crippen molar-refractivity contribution in [3.05, 3.63) is 41.9 Å². The van der Waals surface area contributed by atoms with Crippen molar-refractivity contribution in [2.45, 2.75) is 32.4 Å². The Morgan fingerprint density at radius 2 is 2.00 bits per heavy atom. The molecule has 0 amide bonds. The van der Waals surface area contributed by atoms with E-state index in [0.29, 0.717) is 35.3 Å². The van der Waals surface area contributed by atoms with Crippen LogP contribution in [-0.2, 0) is 0 Å². The zero-order valence-electron chi connectivity index (χ0n) is 15.6. The van der Waals surface area contributed by atoms with Gasteiger partial charge >= 0.3 is 0 Å². The first-order valence-corrected chi connectivity index (χ1v) is 9.07. The maximum atomic E-state index is 5.87. The Balaban J connectivity index is 1.57. The Labute approximate surface area is 158 Å². The molecule has 3 saturated heterocycles. The number of nitrogens with two attached hydrogens (primary N) is 2. The van der Waals surface area contributed by atoms with Gasteiger partial charge in [-0.3, -0.25) is 0 Å². The summed E-state index contributed by atoms with van der Waals surface area (Å²) in [6, 6.07) is 7.02. The highest BCUT2D eigenvalue weighted by Gasteiger charge is 2.36. The van der Waals surface area contributed by atoms with Gasteiger partial charge in [0.25, 0.3) is 0 Å². The third-order valence-corrected chi connectivity index (χ3v) is 4.71. The first-order valence-electron chi connectivity index (χ1n) is 9.07. The van der Waals surface area contributed by atoms with E-state index in [2.05, 4.69) is 30.2 Å². The molecule has 8 nitrogen and oxygen atoms in total. The van der Waals surface area contributed by atoms with E-state index in [1.165, 1.54) is 6.42 Å². The summed E-state index contributed by atoms with van der Waals surface area (Å²) in [5.74, 6) is 2.38. The summed E-state index contributed by atoms with van der Waals surface area (Å²) in [7, 11) is 0. The van der Waals surface area contributed by atoms with Crippen molar-refractivity contribution in [1.29, 1.82) is 0 Å². The molecule has 27 heavy (non-hydrogen) atoms. The molecular weight excluding hydrogens is 340 g/mol. The summed E-state index contributed by atoms with van der Waals surface area (Å²) >= 11 is 0. The number of nitrogens with zero attached hydrogens (tertiary/aromatic N) is 5. The van der Waals surface area contributed by atoms with Crippen molar-refractivity contribution >= 4 is 17.5 Å². The van der Waals surface area contributed by atoms with E-state index < -0.39 is 0 Å². The quantitative estimate of drug-likeness (QED) is 0.552. The molecule has 0 radical (unpaired) electrons. The lowest BCUT2D eigenvalue weighted by Crippen LogP contribution is -2.67. The van der Waals surface area contributed by atoms with Gasteiger partial charge in [-0.05, 0) is 38.5 Å². The largest absolute Gasteiger partial charge is 0.402 e. The van der Waals surface area contributed by atoms with Gasteiger partial charge in [-0.2, -0.15) is 0 Å². The lowest BCUT2D eigenvalue weighted by molar-refractivity contribution is 0.225.